The van der Waals surface area contributed by atoms with Crippen LogP contribution in [0.2, 0.25) is 0 Å². The first-order valence-corrected chi connectivity index (χ1v) is 3.36. The molecular weight excluding hydrogens is 247 g/mol. The summed E-state index contributed by atoms with van der Waals surface area (Å²) < 4.78 is 5.24. The van der Waals surface area contributed by atoms with Gasteiger partial charge in [0, 0.05) is 38.4 Å². The van der Waals surface area contributed by atoms with Crippen molar-refractivity contribution in [3.05, 3.63) is 42.2 Å². The zero-order valence-electron chi connectivity index (χ0n) is 6.57. The molecule has 1 aliphatic rings. The van der Waals surface area contributed by atoms with Crippen LogP contribution in [0.5, 0.6) is 5.75 Å². The molecule has 1 aromatic rings. The maximum atomic E-state index is 5.24. The molecule has 0 bridgehead atoms. The van der Waals surface area contributed by atoms with E-state index in [-0.39, 0.29) is 38.4 Å². The van der Waals surface area contributed by atoms with E-state index in [1.54, 1.807) is 6.26 Å². The monoisotopic (exact) mass is 257 g/mol. The third-order valence-corrected chi connectivity index (χ3v) is 1.60. The van der Waals surface area contributed by atoms with Gasteiger partial charge in [-0.2, -0.15) is 0 Å². The minimum Gasteiger partial charge on any atom is -0.465 e. The van der Waals surface area contributed by atoms with Gasteiger partial charge in [-0.1, -0.05) is 18.2 Å². The molecule has 0 aromatic heterocycles. The first kappa shape index (κ1) is 12.0. The topological polar surface area (TPSA) is 9.23 Å². The smallest absolute Gasteiger partial charge is 0.130 e. The SMILES string of the molecule is C1=COc2ccccc2C1.[Al].[Mo]. The Morgan fingerprint density at radius 1 is 1.17 bits per heavy atom. The molecule has 3 radical (unpaired) electrons. The normalized spacial score (nSPS) is 11.7. The standard InChI is InChI=1S/C9H8O.Al.Mo/c1-2-6-9-8(4-1)5-3-7-10-9;;/h1-4,6-7H,5H2;;. The van der Waals surface area contributed by atoms with E-state index < -0.39 is 0 Å². The number of hydrogen-bond donors (Lipinski definition) is 0. The molecule has 0 saturated heterocycles. The predicted molar refractivity (Wildman–Crippen MR) is 45.7 cm³/mol. The van der Waals surface area contributed by atoms with Crippen LogP contribution in [0.3, 0.4) is 0 Å². The van der Waals surface area contributed by atoms with Crippen molar-refractivity contribution in [2.45, 2.75) is 6.42 Å². The Morgan fingerprint density at radius 2 is 1.92 bits per heavy atom. The molecule has 0 amide bonds. The van der Waals surface area contributed by atoms with Crippen molar-refractivity contribution in [2.75, 3.05) is 0 Å². The first-order chi connectivity index (χ1) is 4.97. The minimum atomic E-state index is 0. The first-order valence-electron chi connectivity index (χ1n) is 3.36. The van der Waals surface area contributed by atoms with Gasteiger partial charge < -0.3 is 4.74 Å². The van der Waals surface area contributed by atoms with Gasteiger partial charge in [-0.15, -0.1) is 0 Å². The number of allylic oxidation sites excluding steroid dienone is 1. The van der Waals surface area contributed by atoms with E-state index >= 15 is 0 Å². The van der Waals surface area contributed by atoms with Crippen LogP contribution < -0.4 is 4.74 Å². The summed E-state index contributed by atoms with van der Waals surface area (Å²) >= 11 is 0. The Labute approximate surface area is 97.2 Å². The third kappa shape index (κ3) is 2.49. The molecule has 3 heteroatoms. The van der Waals surface area contributed by atoms with Crippen molar-refractivity contribution in [1.29, 1.82) is 0 Å². The molecule has 0 unspecified atom stereocenters. The molecule has 2 rings (SSSR count). The largest absolute Gasteiger partial charge is 0.465 e. The number of ether oxygens (including phenoxy) is 1. The van der Waals surface area contributed by atoms with Crippen molar-refractivity contribution in [3.8, 4) is 5.75 Å². The molecule has 1 heterocycles. The van der Waals surface area contributed by atoms with Gasteiger partial charge in [0.25, 0.3) is 0 Å². The van der Waals surface area contributed by atoms with Crippen molar-refractivity contribution >= 4 is 17.4 Å². The molecule has 1 aliphatic heterocycles. The summed E-state index contributed by atoms with van der Waals surface area (Å²) in [4.78, 5) is 0. The van der Waals surface area contributed by atoms with Gasteiger partial charge >= 0.3 is 0 Å². The number of fused-ring (bicyclic) bond motifs is 1. The molecule has 1 aromatic carbocycles. The Bertz CT molecular complexity index is 246. The molecule has 1 nitrogen and oxygen atoms in total. The van der Waals surface area contributed by atoms with Gasteiger partial charge in [-0.25, -0.2) is 0 Å². The summed E-state index contributed by atoms with van der Waals surface area (Å²) in [5.41, 5.74) is 1.27. The fourth-order valence-corrected chi connectivity index (χ4v) is 1.08. The molecule has 0 fully saturated rings. The van der Waals surface area contributed by atoms with Crippen molar-refractivity contribution in [1.82, 2.24) is 0 Å². The summed E-state index contributed by atoms with van der Waals surface area (Å²) in [7, 11) is 0. The molecule has 0 atom stereocenters. The van der Waals surface area contributed by atoms with Gasteiger partial charge in [0.15, 0.2) is 0 Å². The van der Waals surface area contributed by atoms with E-state index in [1.807, 2.05) is 24.3 Å². The Morgan fingerprint density at radius 3 is 2.67 bits per heavy atom. The summed E-state index contributed by atoms with van der Waals surface area (Å²) in [6, 6.07) is 8.08. The number of rotatable bonds is 0. The van der Waals surface area contributed by atoms with Gasteiger partial charge in [-0.05, 0) is 24.1 Å². The third-order valence-electron chi connectivity index (χ3n) is 1.60. The zero-order valence-corrected chi connectivity index (χ0v) is 9.73. The van der Waals surface area contributed by atoms with E-state index in [2.05, 4.69) is 6.07 Å². The second-order valence-electron chi connectivity index (χ2n) is 2.30. The minimum absolute atomic E-state index is 0. The van der Waals surface area contributed by atoms with Crippen LogP contribution in [0.1, 0.15) is 5.56 Å². The number of para-hydroxylation sites is 1. The fourth-order valence-electron chi connectivity index (χ4n) is 1.08. The van der Waals surface area contributed by atoms with Crippen molar-refractivity contribution in [3.63, 3.8) is 0 Å². The van der Waals surface area contributed by atoms with E-state index in [1.165, 1.54) is 5.56 Å². The van der Waals surface area contributed by atoms with Crippen molar-refractivity contribution in [2.24, 2.45) is 0 Å². The maximum Gasteiger partial charge on any atom is 0.130 e. The molecule has 0 aliphatic carbocycles. The van der Waals surface area contributed by atoms with Gasteiger partial charge in [0.05, 0.1) is 6.26 Å². The molecule has 12 heavy (non-hydrogen) atoms. The Kier molecular flexibility index (Phi) is 5.59. The zero-order chi connectivity index (χ0) is 6.81. The van der Waals surface area contributed by atoms with Crippen LogP contribution >= 0.6 is 0 Å². The van der Waals surface area contributed by atoms with E-state index in [0.717, 1.165) is 12.2 Å². The van der Waals surface area contributed by atoms with Crippen LogP contribution in [-0.2, 0) is 27.5 Å². The summed E-state index contributed by atoms with van der Waals surface area (Å²) in [5, 5.41) is 0. The maximum absolute atomic E-state index is 5.24. The molecule has 0 N–H and O–H groups in total. The molecule has 0 saturated carbocycles. The average molecular weight is 255 g/mol. The van der Waals surface area contributed by atoms with Crippen LogP contribution in [-0.4, -0.2) is 17.4 Å². The number of hydrogen-bond acceptors (Lipinski definition) is 1. The van der Waals surface area contributed by atoms with Gasteiger partial charge in [0.2, 0.25) is 0 Å². The Hall–Kier alpha value is -0.0192. The van der Waals surface area contributed by atoms with Crippen LogP contribution in [0, 0.1) is 0 Å². The van der Waals surface area contributed by atoms with E-state index in [9.17, 15) is 0 Å². The molecule has 0 spiro atoms. The number of benzene rings is 1. The van der Waals surface area contributed by atoms with E-state index in [4.69, 9.17) is 4.74 Å². The molecule has 59 valence electrons. The van der Waals surface area contributed by atoms with Gasteiger partial charge in [-0.3, -0.25) is 0 Å². The summed E-state index contributed by atoms with van der Waals surface area (Å²) in [6.07, 6.45) is 4.75. The van der Waals surface area contributed by atoms with Crippen LogP contribution in [0.15, 0.2) is 36.6 Å². The quantitative estimate of drug-likeness (QED) is 0.642. The summed E-state index contributed by atoms with van der Waals surface area (Å²) in [6.45, 7) is 0. The predicted octanol–water partition coefficient (Wildman–Crippen LogP) is 1.75. The average Bonchev–Trinajstić information content (AvgIpc) is 2.05. The second-order valence-corrected chi connectivity index (χ2v) is 2.30. The van der Waals surface area contributed by atoms with Crippen LogP contribution in [0.25, 0.3) is 0 Å². The van der Waals surface area contributed by atoms with E-state index in [0.29, 0.717) is 0 Å². The van der Waals surface area contributed by atoms with Gasteiger partial charge in [0.1, 0.15) is 5.75 Å². The Balaban J connectivity index is 0.000000605. The van der Waals surface area contributed by atoms with Crippen molar-refractivity contribution < 1.29 is 25.8 Å². The summed E-state index contributed by atoms with van der Waals surface area (Å²) in [5.74, 6) is 0.991. The fraction of sp³-hybridized carbons (Fsp3) is 0.111. The molecular formula is C9H8AlMoO. The second kappa shape index (κ2) is 5.60. The van der Waals surface area contributed by atoms with Crippen LogP contribution in [0.4, 0.5) is 0 Å².